The van der Waals surface area contributed by atoms with Gasteiger partial charge in [-0.25, -0.2) is 13.2 Å². The Labute approximate surface area is 164 Å². The van der Waals surface area contributed by atoms with Crippen molar-refractivity contribution in [3.8, 4) is 11.5 Å². The van der Waals surface area contributed by atoms with Crippen molar-refractivity contribution in [2.75, 3.05) is 33.4 Å². The molecule has 7 nitrogen and oxygen atoms in total. The average molecular weight is 403 g/mol. The van der Waals surface area contributed by atoms with Crippen LogP contribution >= 0.6 is 0 Å². The molecule has 0 saturated carbocycles. The number of esters is 1. The first-order valence-electron chi connectivity index (χ1n) is 8.71. The van der Waals surface area contributed by atoms with E-state index in [0.29, 0.717) is 24.5 Å². The quantitative estimate of drug-likeness (QED) is 0.418. The van der Waals surface area contributed by atoms with Crippen LogP contribution in [0.25, 0.3) is 6.08 Å². The van der Waals surface area contributed by atoms with Crippen molar-refractivity contribution < 1.29 is 27.4 Å². The van der Waals surface area contributed by atoms with Gasteiger partial charge in [-0.3, -0.25) is 0 Å². The Balaban J connectivity index is 1.81. The Kier molecular flexibility index (Phi) is 6.45. The number of sulfonamides is 1. The van der Waals surface area contributed by atoms with Crippen molar-refractivity contribution in [1.82, 2.24) is 4.31 Å². The minimum absolute atomic E-state index is 0.0514. The van der Waals surface area contributed by atoms with Gasteiger partial charge in [-0.1, -0.05) is 24.3 Å². The number of benzene rings is 2. The average Bonchev–Trinajstić information content (AvgIpc) is 2.73. The molecule has 1 heterocycles. The SMILES string of the molecule is COc1ccc(C=CC(=O)Oc2ccccc2)cc1S(=O)(=O)N1CCOCC1. The summed E-state index contributed by atoms with van der Waals surface area (Å²) < 4.78 is 42.9. The van der Waals surface area contributed by atoms with Gasteiger partial charge < -0.3 is 14.2 Å². The summed E-state index contributed by atoms with van der Waals surface area (Å²) in [6, 6.07) is 13.4. The first-order chi connectivity index (χ1) is 13.5. The molecule has 0 bridgehead atoms. The summed E-state index contributed by atoms with van der Waals surface area (Å²) in [5.74, 6) is 0.123. The van der Waals surface area contributed by atoms with E-state index in [1.54, 1.807) is 36.4 Å². The Bertz CT molecular complexity index is 950. The van der Waals surface area contributed by atoms with Crippen LogP contribution in [-0.4, -0.2) is 52.1 Å². The van der Waals surface area contributed by atoms with Crippen LogP contribution in [0.15, 0.2) is 59.5 Å². The van der Waals surface area contributed by atoms with Crippen LogP contribution < -0.4 is 9.47 Å². The molecule has 2 aromatic rings. The van der Waals surface area contributed by atoms with Gasteiger partial charge >= 0.3 is 5.97 Å². The number of hydrogen-bond acceptors (Lipinski definition) is 6. The Morgan fingerprint density at radius 1 is 1.11 bits per heavy atom. The van der Waals surface area contributed by atoms with Crippen LogP contribution in [0, 0.1) is 0 Å². The van der Waals surface area contributed by atoms with Gasteiger partial charge in [-0.2, -0.15) is 4.31 Å². The van der Waals surface area contributed by atoms with Crippen molar-refractivity contribution in [2.45, 2.75) is 4.90 Å². The molecule has 3 rings (SSSR count). The van der Waals surface area contributed by atoms with Crippen LogP contribution in [0.5, 0.6) is 11.5 Å². The van der Waals surface area contributed by atoms with Crippen LogP contribution in [0.3, 0.4) is 0 Å². The van der Waals surface area contributed by atoms with E-state index in [2.05, 4.69) is 0 Å². The topological polar surface area (TPSA) is 82.1 Å². The molecule has 1 fully saturated rings. The maximum absolute atomic E-state index is 13.0. The summed E-state index contributed by atoms with van der Waals surface area (Å²) in [6.07, 6.45) is 2.75. The van der Waals surface area contributed by atoms with Crippen LogP contribution in [0.4, 0.5) is 0 Å². The number of nitrogens with zero attached hydrogens (tertiary/aromatic N) is 1. The molecule has 8 heteroatoms. The number of methoxy groups -OCH3 is 1. The highest BCUT2D eigenvalue weighted by molar-refractivity contribution is 7.89. The van der Waals surface area contributed by atoms with Crippen LogP contribution in [0.2, 0.25) is 0 Å². The lowest BCUT2D eigenvalue weighted by Crippen LogP contribution is -2.40. The van der Waals surface area contributed by atoms with Gasteiger partial charge in [0.2, 0.25) is 10.0 Å². The van der Waals surface area contributed by atoms with E-state index in [-0.39, 0.29) is 23.7 Å². The second-order valence-electron chi connectivity index (χ2n) is 5.99. The molecule has 1 aliphatic rings. The zero-order valence-electron chi connectivity index (χ0n) is 15.4. The number of para-hydroxylation sites is 1. The summed E-state index contributed by atoms with van der Waals surface area (Å²) in [4.78, 5) is 12.0. The van der Waals surface area contributed by atoms with Gasteiger partial charge in [-0.05, 0) is 35.9 Å². The number of morpholine rings is 1. The maximum atomic E-state index is 13.0. The Hall–Kier alpha value is -2.68. The normalized spacial score (nSPS) is 15.5. The van der Waals surface area contributed by atoms with E-state index >= 15 is 0 Å². The summed E-state index contributed by atoms with van der Waals surface area (Å²) in [5.41, 5.74) is 0.539. The van der Waals surface area contributed by atoms with Crippen molar-refractivity contribution in [3.05, 3.63) is 60.2 Å². The lowest BCUT2D eigenvalue weighted by Gasteiger charge is -2.26. The maximum Gasteiger partial charge on any atom is 0.336 e. The number of hydrogen-bond donors (Lipinski definition) is 0. The molecule has 0 N–H and O–H groups in total. The van der Waals surface area contributed by atoms with Crippen molar-refractivity contribution in [1.29, 1.82) is 0 Å². The first kappa shape index (κ1) is 20.1. The second kappa shape index (κ2) is 9.01. The van der Waals surface area contributed by atoms with Crippen LogP contribution in [0.1, 0.15) is 5.56 Å². The molecule has 0 radical (unpaired) electrons. The summed E-state index contributed by atoms with van der Waals surface area (Å²) in [5, 5.41) is 0. The van der Waals surface area contributed by atoms with E-state index in [0.717, 1.165) is 0 Å². The van der Waals surface area contributed by atoms with E-state index in [4.69, 9.17) is 14.2 Å². The second-order valence-corrected chi connectivity index (χ2v) is 7.90. The molecule has 1 saturated heterocycles. The standard InChI is InChI=1S/C20H21NO6S/c1-25-18-9-7-16(8-10-20(22)27-17-5-3-2-4-6-17)15-19(18)28(23,24)21-11-13-26-14-12-21/h2-10,15H,11-14H2,1H3. The van der Waals surface area contributed by atoms with Gasteiger partial charge in [0, 0.05) is 19.2 Å². The predicted octanol–water partition coefficient (Wildman–Crippen LogP) is 2.33. The molecule has 2 aromatic carbocycles. The van der Waals surface area contributed by atoms with Crippen molar-refractivity contribution >= 4 is 22.1 Å². The minimum atomic E-state index is -3.74. The van der Waals surface area contributed by atoms with E-state index in [1.165, 1.54) is 29.6 Å². The fourth-order valence-electron chi connectivity index (χ4n) is 2.73. The Morgan fingerprint density at radius 2 is 1.82 bits per heavy atom. The molecule has 28 heavy (non-hydrogen) atoms. The van der Waals surface area contributed by atoms with Gasteiger partial charge in [0.25, 0.3) is 0 Å². The lowest BCUT2D eigenvalue weighted by atomic mass is 10.2. The van der Waals surface area contributed by atoms with E-state index in [1.807, 2.05) is 6.07 Å². The molecule has 0 unspecified atom stereocenters. The smallest absolute Gasteiger partial charge is 0.336 e. The third kappa shape index (κ3) is 4.78. The highest BCUT2D eigenvalue weighted by atomic mass is 32.2. The summed E-state index contributed by atoms with van der Waals surface area (Å²) >= 11 is 0. The zero-order chi connectivity index (χ0) is 20.0. The monoisotopic (exact) mass is 403 g/mol. The molecular weight excluding hydrogens is 382 g/mol. The molecule has 0 aliphatic carbocycles. The van der Waals surface area contributed by atoms with Gasteiger partial charge in [-0.15, -0.1) is 0 Å². The largest absolute Gasteiger partial charge is 0.495 e. The zero-order valence-corrected chi connectivity index (χ0v) is 16.2. The predicted molar refractivity (Wildman–Crippen MR) is 104 cm³/mol. The minimum Gasteiger partial charge on any atom is -0.495 e. The highest BCUT2D eigenvalue weighted by Gasteiger charge is 2.29. The summed E-state index contributed by atoms with van der Waals surface area (Å²) in [7, 11) is -2.32. The number of carbonyl (C=O) groups excluding carboxylic acids is 1. The lowest BCUT2D eigenvalue weighted by molar-refractivity contribution is -0.128. The fourth-order valence-corrected chi connectivity index (χ4v) is 4.33. The third-order valence-corrected chi connectivity index (χ3v) is 6.07. The van der Waals surface area contributed by atoms with Gasteiger partial charge in [0.15, 0.2) is 0 Å². The molecule has 0 amide bonds. The molecule has 148 valence electrons. The molecule has 0 spiro atoms. The summed E-state index contributed by atoms with van der Waals surface area (Å²) in [6.45, 7) is 1.28. The van der Waals surface area contributed by atoms with E-state index in [9.17, 15) is 13.2 Å². The molecule has 0 aromatic heterocycles. The van der Waals surface area contributed by atoms with E-state index < -0.39 is 16.0 Å². The Morgan fingerprint density at radius 3 is 2.50 bits per heavy atom. The van der Waals surface area contributed by atoms with Gasteiger partial charge in [0.1, 0.15) is 16.4 Å². The number of carbonyl (C=O) groups is 1. The first-order valence-corrected chi connectivity index (χ1v) is 10.2. The van der Waals surface area contributed by atoms with Crippen molar-refractivity contribution in [2.24, 2.45) is 0 Å². The highest BCUT2D eigenvalue weighted by Crippen LogP contribution is 2.28. The van der Waals surface area contributed by atoms with Gasteiger partial charge in [0.05, 0.1) is 20.3 Å². The number of ether oxygens (including phenoxy) is 3. The van der Waals surface area contributed by atoms with Crippen LogP contribution in [-0.2, 0) is 19.6 Å². The number of rotatable bonds is 6. The molecule has 1 aliphatic heterocycles. The van der Waals surface area contributed by atoms with Crippen molar-refractivity contribution in [3.63, 3.8) is 0 Å². The molecular formula is C20H21NO6S. The molecule has 0 atom stereocenters. The third-order valence-electron chi connectivity index (χ3n) is 4.15. The fraction of sp³-hybridized carbons (Fsp3) is 0.250.